The van der Waals surface area contributed by atoms with E-state index in [1.807, 2.05) is 61.3 Å². The van der Waals surface area contributed by atoms with Crippen LogP contribution in [-0.2, 0) is 14.3 Å². The molecule has 282 valence electrons. The van der Waals surface area contributed by atoms with Crippen LogP contribution >= 0.6 is 0 Å². The topological polar surface area (TPSA) is 149 Å². The first-order chi connectivity index (χ1) is 26.0. The second kappa shape index (κ2) is 15.5. The van der Waals surface area contributed by atoms with E-state index >= 15 is 0 Å². The minimum atomic E-state index is -0.680. The Labute approximate surface area is 316 Å². The van der Waals surface area contributed by atoms with Crippen molar-refractivity contribution in [3.8, 4) is 33.8 Å². The van der Waals surface area contributed by atoms with E-state index < -0.39 is 12.1 Å². The van der Waals surface area contributed by atoms with E-state index in [-0.39, 0.29) is 35.7 Å². The monoisotopic (exact) mass is 730 g/mol. The number of rotatable bonds is 10. The molecule has 0 unspecified atom stereocenters. The van der Waals surface area contributed by atoms with E-state index in [1.165, 1.54) is 7.11 Å². The van der Waals surface area contributed by atoms with Gasteiger partial charge in [0.1, 0.15) is 17.7 Å². The Morgan fingerprint density at radius 2 is 1.28 bits per heavy atom. The number of imidazole rings is 2. The first-order valence-electron chi connectivity index (χ1n) is 19.1. The van der Waals surface area contributed by atoms with Crippen molar-refractivity contribution in [1.29, 1.82) is 0 Å². The lowest BCUT2D eigenvalue weighted by atomic mass is 9.96. The highest BCUT2D eigenvalue weighted by molar-refractivity contribution is 5.89. The first-order valence-corrected chi connectivity index (χ1v) is 19.1. The smallest absolute Gasteiger partial charge is 0.407 e. The predicted molar refractivity (Wildman–Crippen MR) is 208 cm³/mol. The van der Waals surface area contributed by atoms with Crippen molar-refractivity contribution in [3.63, 3.8) is 0 Å². The van der Waals surface area contributed by atoms with E-state index in [2.05, 4.69) is 70.5 Å². The number of methoxy groups -OCH3 is 1. The van der Waals surface area contributed by atoms with E-state index in [9.17, 15) is 14.4 Å². The fourth-order valence-electron chi connectivity index (χ4n) is 7.65. The van der Waals surface area contributed by atoms with Gasteiger partial charge in [-0.15, -0.1) is 0 Å². The number of hydrogen-bond donors (Lipinski definition) is 3. The predicted octanol–water partition coefficient (Wildman–Crippen LogP) is 7.68. The summed E-state index contributed by atoms with van der Waals surface area (Å²) in [7, 11) is 1.29. The number of carbonyl (C=O) groups is 3. The quantitative estimate of drug-likeness (QED) is 0.133. The number of aromatic nitrogens is 5. The zero-order valence-corrected chi connectivity index (χ0v) is 31.9. The molecule has 2 fully saturated rings. The highest BCUT2D eigenvalue weighted by Crippen LogP contribution is 2.36. The maximum absolute atomic E-state index is 13.5. The van der Waals surface area contributed by atoms with Crippen molar-refractivity contribution in [1.82, 2.24) is 40.0 Å². The molecule has 5 heterocycles. The van der Waals surface area contributed by atoms with Gasteiger partial charge < -0.3 is 29.8 Å². The fourth-order valence-corrected chi connectivity index (χ4v) is 7.65. The number of hydrogen-bond acceptors (Lipinski definition) is 7. The molecule has 0 aliphatic carbocycles. The van der Waals surface area contributed by atoms with Crippen LogP contribution in [0.4, 0.5) is 4.79 Å². The summed E-state index contributed by atoms with van der Waals surface area (Å²) >= 11 is 0. The van der Waals surface area contributed by atoms with Gasteiger partial charge in [-0.1, -0.05) is 71.0 Å². The Hall–Kier alpha value is -5.52. The van der Waals surface area contributed by atoms with Crippen LogP contribution in [0.2, 0.25) is 0 Å². The second-order valence-electron chi connectivity index (χ2n) is 15.3. The average Bonchev–Trinajstić information content (AvgIpc) is 4.02. The van der Waals surface area contributed by atoms with Crippen LogP contribution in [0.15, 0.2) is 67.1 Å². The summed E-state index contributed by atoms with van der Waals surface area (Å²) in [6, 6.07) is 15.7. The number of alkyl carbamates (subject to hydrolysis) is 1. The third-order valence-electron chi connectivity index (χ3n) is 11.2. The van der Waals surface area contributed by atoms with Gasteiger partial charge in [0.05, 0.1) is 48.7 Å². The number of ether oxygens (including phenoxy) is 1. The molecule has 2 aliphatic rings. The van der Waals surface area contributed by atoms with Crippen LogP contribution in [-0.4, -0.2) is 78.9 Å². The van der Waals surface area contributed by atoms with Crippen molar-refractivity contribution in [2.24, 2.45) is 17.8 Å². The van der Waals surface area contributed by atoms with Gasteiger partial charge in [0.2, 0.25) is 11.8 Å². The Morgan fingerprint density at radius 3 is 1.87 bits per heavy atom. The van der Waals surface area contributed by atoms with E-state index in [0.717, 1.165) is 88.4 Å². The lowest BCUT2D eigenvalue weighted by Gasteiger charge is -2.30. The molecule has 2 aliphatic heterocycles. The maximum atomic E-state index is 13.5. The maximum Gasteiger partial charge on any atom is 0.407 e. The molecule has 0 spiro atoms. The van der Waals surface area contributed by atoms with Gasteiger partial charge in [-0.25, -0.2) is 14.8 Å². The van der Waals surface area contributed by atoms with Crippen LogP contribution in [0.25, 0.3) is 44.5 Å². The van der Waals surface area contributed by atoms with Gasteiger partial charge in [-0.3, -0.25) is 14.6 Å². The Bertz CT molecular complexity index is 2140. The Balaban J connectivity index is 1.03. The highest BCUT2D eigenvalue weighted by atomic mass is 16.5. The first kappa shape index (κ1) is 36.8. The average molecular weight is 731 g/mol. The van der Waals surface area contributed by atoms with Crippen molar-refractivity contribution < 1.29 is 19.1 Å². The number of nitrogens with one attached hydrogen (secondary N) is 3. The molecule has 12 nitrogen and oxygen atoms in total. The van der Waals surface area contributed by atoms with Crippen LogP contribution in [0.5, 0.6) is 0 Å². The molecule has 12 heteroatoms. The van der Waals surface area contributed by atoms with Crippen LogP contribution < -0.4 is 5.32 Å². The summed E-state index contributed by atoms with van der Waals surface area (Å²) in [6.45, 7) is 11.4. The molecule has 3 aromatic heterocycles. The van der Waals surface area contributed by atoms with Gasteiger partial charge in [-0.2, -0.15) is 0 Å². The summed E-state index contributed by atoms with van der Waals surface area (Å²) in [4.78, 5) is 63.7. The number of H-pyrrole nitrogens is 2. The zero-order chi connectivity index (χ0) is 38.1. The number of nitrogens with zero attached hydrogens (tertiary/aromatic N) is 5. The van der Waals surface area contributed by atoms with Gasteiger partial charge in [0, 0.05) is 41.7 Å². The second-order valence-corrected chi connectivity index (χ2v) is 15.3. The minimum absolute atomic E-state index is 0.0167. The molecular weight excluding hydrogens is 681 g/mol. The normalized spacial score (nSPS) is 18.4. The number of likely N-dealkylation sites (tertiary alicyclic amines) is 2. The number of aromatic amines is 2. The van der Waals surface area contributed by atoms with Crippen LogP contribution in [0.1, 0.15) is 84.0 Å². The summed E-state index contributed by atoms with van der Waals surface area (Å²) in [5.74, 6) is 1.83. The minimum Gasteiger partial charge on any atom is -0.453 e. The van der Waals surface area contributed by atoms with Crippen LogP contribution in [0, 0.1) is 17.8 Å². The van der Waals surface area contributed by atoms with Gasteiger partial charge in [0.25, 0.3) is 0 Å². The number of pyridine rings is 1. The van der Waals surface area contributed by atoms with E-state index in [1.54, 1.807) is 0 Å². The number of fused-ring (bicyclic) bond motifs is 1. The fraction of sp³-hybridized carbons (Fsp3) is 0.429. The summed E-state index contributed by atoms with van der Waals surface area (Å²) in [5, 5.41) is 4.81. The van der Waals surface area contributed by atoms with Crippen LogP contribution in [0.3, 0.4) is 0 Å². The highest BCUT2D eigenvalue weighted by Gasteiger charge is 2.38. The third-order valence-corrected chi connectivity index (χ3v) is 11.2. The lowest BCUT2D eigenvalue weighted by molar-refractivity contribution is -0.137. The van der Waals surface area contributed by atoms with Crippen molar-refractivity contribution in [2.75, 3.05) is 20.2 Å². The van der Waals surface area contributed by atoms with Crippen molar-refractivity contribution in [3.05, 3.63) is 78.8 Å². The van der Waals surface area contributed by atoms with Gasteiger partial charge in [-0.05, 0) is 60.6 Å². The van der Waals surface area contributed by atoms with Crippen molar-refractivity contribution in [2.45, 2.75) is 78.4 Å². The molecule has 0 radical (unpaired) electrons. The molecule has 5 aromatic rings. The van der Waals surface area contributed by atoms with Gasteiger partial charge in [0.15, 0.2) is 0 Å². The number of benzene rings is 2. The SMILES string of the molecule is COC(=O)N[C@H](C(=O)N1CCC[C@H]1c1ncc(-c2ccc(-c3cc4ccc(-c5cnc([C@@H]6CCCN6C(=O)[C@@H](C)C(C)C)[nH]5)cc4cn3)cc2)[nH]1)C(C)C. The largest absolute Gasteiger partial charge is 0.453 e. The molecule has 2 saturated heterocycles. The molecule has 2 aromatic carbocycles. The lowest BCUT2D eigenvalue weighted by Crippen LogP contribution is -2.51. The molecule has 3 amide bonds. The Kier molecular flexibility index (Phi) is 10.5. The standard InChI is InChI=1S/C42H50N8O4/c1-24(2)26(5)40(51)49-17-7-9-35(49)38-45-23-34(47-38)30-16-15-29-20-32(43-21-31(29)19-30)27-11-13-28(14-12-27)33-22-44-39(46-33)36-10-8-18-50(36)41(52)37(25(3)4)48-42(53)54-6/h11-16,19-26,35-37H,7-10,17-18H2,1-6H3,(H,44,46)(H,45,47)(H,48,53)/t26-,35-,36-,37-/m0/s1. The molecule has 0 bridgehead atoms. The third kappa shape index (κ3) is 7.34. The number of carbonyl (C=O) groups excluding carboxylic acids is 3. The van der Waals surface area contributed by atoms with Gasteiger partial charge >= 0.3 is 6.09 Å². The molecule has 7 rings (SSSR count). The number of amides is 3. The van der Waals surface area contributed by atoms with Crippen molar-refractivity contribution >= 4 is 28.7 Å². The molecule has 0 saturated carbocycles. The summed E-state index contributed by atoms with van der Waals surface area (Å²) in [5.41, 5.74) is 5.65. The Morgan fingerprint density at radius 1 is 0.704 bits per heavy atom. The zero-order valence-electron chi connectivity index (χ0n) is 31.9. The molecule has 3 N–H and O–H groups in total. The summed E-state index contributed by atoms with van der Waals surface area (Å²) in [6.07, 6.45) is 8.51. The molecule has 54 heavy (non-hydrogen) atoms. The van der Waals surface area contributed by atoms with E-state index in [0.29, 0.717) is 12.5 Å². The molecule has 4 atom stereocenters. The summed E-state index contributed by atoms with van der Waals surface area (Å²) < 4.78 is 4.76. The molecular formula is C42H50N8O4. The van der Waals surface area contributed by atoms with E-state index in [4.69, 9.17) is 14.7 Å².